The van der Waals surface area contributed by atoms with Crippen LogP contribution in [0.15, 0.2) is 28.7 Å². The number of anilines is 1. The van der Waals surface area contributed by atoms with Crippen LogP contribution in [0.3, 0.4) is 0 Å². The summed E-state index contributed by atoms with van der Waals surface area (Å²) in [4.78, 5) is 28.1. The molecule has 27 heavy (non-hydrogen) atoms. The average molecular weight is 374 g/mol. The number of carbonyl (C=O) groups is 2. The predicted molar refractivity (Wildman–Crippen MR) is 97.1 cm³/mol. The van der Waals surface area contributed by atoms with E-state index in [1.165, 1.54) is 18.2 Å². The zero-order valence-electron chi connectivity index (χ0n) is 15.5. The van der Waals surface area contributed by atoms with Crippen molar-refractivity contribution in [2.45, 2.75) is 32.6 Å². The molecule has 1 aliphatic heterocycles. The Morgan fingerprint density at radius 1 is 1.11 bits per heavy atom. The molecule has 0 radical (unpaired) electrons. The van der Waals surface area contributed by atoms with Gasteiger partial charge in [0.2, 0.25) is 11.8 Å². The monoisotopic (exact) mass is 374 g/mol. The Bertz CT molecular complexity index is 813. The third-order valence-corrected chi connectivity index (χ3v) is 4.57. The summed E-state index contributed by atoms with van der Waals surface area (Å²) in [5, 5.41) is 8.08. The van der Waals surface area contributed by atoms with Crippen molar-refractivity contribution in [2.24, 2.45) is 0 Å². The Balaban J connectivity index is 1.48. The fraction of sp³-hybridized carbons (Fsp3) is 0.474. The van der Waals surface area contributed by atoms with E-state index in [1.807, 2.05) is 18.7 Å². The maximum absolute atomic E-state index is 13.6. The standard InChI is InChI=1S/C19H23FN4O3/c1-13(2)18-21-22-19(27-18)24-11-9-23(10-12-24)17(26)8-7-16(25)14-5-3-4-6-15(14)20/h3-6,13H,7-12H2,1-2H3. The molecule has 1 aliphatic rings. The zero-order valence-corrected chi connectivity index (χ0v) is 15.5. The Morgan fingerprint density at radius 3 is 2.44 bits per heavy atom. The molecule has 0 spiro atoms. The van der Waals surface area contributed by atoms with Crippen LogP contribution < -0.4 is 4.90 Å². The molecule has 0 N–H and O–H groups in total. The van der Waals surface area contributed by atoms with Gasteiger partial charge in [0.1, 0.15) is 5.82 Å². The van der Waals surface area contributed by atoms with Gasteiger partial charge < -0.3 is 14.2 Å². The van der Waals surface area contributed by atoms with Crippen molar-refractivity contribution >= 4 is 17.7 Å². The quantitative estimate of drug-likeness (QED) is 0.723. The Kier molecular flexibility index (Phi) is 5.83. The number of amides is 1. The van der Waals surface area contributed by atoms with Crippen LogP contribution in [0, 0.1) is 5.82 Å². The minimum atomic E-state index is -0.552. The lowest BCUT2D eigenvalue weighted by atomic mass is 10.1. The normalized spacial score (nSPS) is 14.7. The lowest BCUT2D eigenvalue weighted by Crippen LogP contribution is -2.49. The summed E-state index contributed by atoms with van der Waals surface area (Å²) in [7, 11) is 0. The van der Waals surface area contributed by atoms with Crippen LogP contribution in [-0.4, -0.2) is 53.0 Å². The highest BCUT2D eigenvalue weighted by atomic mass is 19.1. The molecule has 1 aromatic heterocycles. The molecule has 0 atom stereocenters. The molecule has 1 saturated heterocycles. The zero-order chi connectivity index (χ0) is 19.4. The van der Waals surface area contributed by atoms with Gasteiger partial charge in [0.15, 0.2) is 5.78 Å². The number of hydrogen-bond acceptors (Lipinski definition) is 6. The van der Waals surface area contributed by atoms with Crippen LogP contribution in [0.25, 0.3) is 0 Å². The van der Waals surface area contributed by atoms with Gasteiger partial charge in [-0.3, -0.25) is 9.59 Å². The summed E-state index contributed by atoms with van der Waals surface area (Å²) >= 11 is 0. The van der Waals surface area contributed by atoms with Crippen LogP contribution in [0.1, 0.15) is 48.9 Å². The van der Waals surface area contributed by atoms with E-state index in [0.717, 1.165) is 0 Å². The molecule has 0 aliphatic carbocycles. The Hall–Kier alpha value is -2.77. The summed E-state index contributed by atoms with van der Waals surface area (Å²) in [6.45, 7) is 6.19. The fourth-order valence-corrected chi connectivity index (χ4v) is 2.94. The lowest BCUT2D eigenvalue weighted by Gasteiger charge is -2.33. The first kappa shape index (κ1) is 19.0. The van der Waals surface area contributed by atoms with Crippen molar-refractivity contribution in [1.82, 2.24) is 15.1 Å². The van der Waals surface area contributed by atoms with Gasteiger partial charge in [-0.2, -0.15) is 0 Å². The van der Waals surface area contributed by atoms with Crippen molar-refractivity contribution in [3.05, 3.63) is 41.5 Å². The molecule has 1 aromatic carbocycles. The number of hydrogen-bond donors (Lipinski definition) is 0. The number of aromatic nitrogens is 2. The fourth-order valence-electron chi connectivity index (χ4n) is 2.94. The molecule has 144 valence electrons. The van der Waals surface area contributed by atoms with E-state index < -0.39 is 5.82 Å². The molecule has 2 aromatic rings. The second-order valence-corrected chi connectivity index (χ2v) is 6.85. The number of nitrogens with zero attached hydrogens (tertiary/aromatic N) is 4. The van der Waals surface area contributed by atoms with Crippen molar-refractivity contribution in [1.29, 1.82) is 0 Å². The van der Waals surface area contributed by atoms with Crippen molar-refractivity contribution in [3.63, 3.8) is 0 Å². The van der Waals surface area contributed by atoms with E-state index in [9.17, 15) is 14.0 Å². The smallest absolute Gasteiger partial charge is 0.318 e. The van der Waals surface area contributed by atoms with Crippen molar-refractivity contribution < 1.29 is 18.4 Å². The van der Waals surface area contributed by atoms with Gasteiger partial charge in [-0.1, -0.05) is 31.1 Å². The molecule has 0 unspecified atom stereocenters. The molecule has 7 nitrogen and oxygen atoms in total. The van der Waals surface area contributed by atoms with Gasteiger partial charge in [-0.25, -0.2) is 4.39 Å². The highest BCUT2D eigenvalue weighted by Crippen LogP contribution is 2.20. The van der Waals surface area contributed by atoms with Crippen LogP contribution in [0.5, 0.6) is 0 Å². The van der Waals surface area contributed by atoms with Crippen LogP contribution in [-0.2, 0) is 4.79 Å². The highest BCUT2D eigenvalue weighted by molar-refractivity contribution is 5.98. The van der Waals surface area contributed by atoms with E-state index in [2.05, 4.69) is 10.2 Å². The number of Topliss-reactive ketones (excluding diaryl/α,β-unsaturated/α-hetero) is 1. The molecule has 2 heterocycles. The minimum Gasteiger partial charge on any atom is -0.408 e. The molecule has 3 rings (SSSR count). The van der Waals surface area contributed by atoms with Gasteiger partial charge in [0.05, 0.1) is 5.56 Å². The summed E-state index contributed by atoms with van der Waals surface area (Å²) in [5.41, 5.74) is 0.0347. The topological polar surface area (TPSA) is 79.5 Å². The van der Waals surface area contributed by atoms with E-state index in [0.29, 0.717) is 38.1 Å². The van der Waals surface area contributed by atoms with Crippen LogP contribution in [0.2, 0.25) is 0 Å². The maximum Gasteiger partial charge on any atom is 0.318 e. The van der Waals surface area contributed by atoms with Gasteiger partial charge in [0, 0.05) is 44.9 Å². The number of rotatable bonds is 6. The van der Waals surface area contributed by atoms with E-state index in [1.54, 1.807) is 11.0 Å². The summed E-state index contributed by atoms with van der Waals surface area (Å²) in [6, 6.07) is 6.30. The van der Waals surface area contributed by atoms with E-state index >= 15 is 0 Å². The second-order valence-electron chi connectivity index (χ2n) is 6.85. The number of halogens is 1. The molecule has 1 amide bonds. The maximum atomic E-state index is 13.6. The van der Waals surface area contributed by atoms with Gasteiger partial charge in [0.25, 0.3) is 0 Å². The molecule has 0 saturated carbocycles. The SMILES string of the molecule is CC(C)c1nnc(N2CCN(C(=O)CCC(=O)c3ccccc3F)CC2)o1. The Morgan fingerprint density at radius 2 is 1.81 bits per heavy atom. The summed E-state index contributed by atoms with van der Waals surface area (Å²) in [5.74, 6) is -0.250. The molecule has 8 heteroatoms. The minimum absolute atomic E-state index is 0.00138. The number of benzene rings is 1. The molecule has 0 bridgehead atoms. The first-order chi connectivity index (χ1) is 13.0. The second kappa shape index (κ2) is 8.28. The molecular formula is C19H23FN4O3. The molecular weight excluding hydrogens is 351 g/mol. The van der Waals surface area contributed by atoms with Crippen molar-refractivity contribution in [3.8, 4) is 0 Å². The van der Waals surface area contributed by atoms with E-state index in [-0.39, 0.29) is 36.0 Å². The van der Waals surface area contributed by atoms with Gasteiger partial charge in [-0.05, 0) is 12.1 Å². The molecule has 1 fully saturated rings. The summed E-state index contributed by atoms with van der Waals surface area (Å²) in [6.07, 6.45) is 0.0760. The lowest BCUT2D eigenvalue weighted by molar-refractivity contribution is -0.131. The first-order valence-electron chi connectivity index (χ1n) is 9.09. The third-order valence-electron chi connectivity index (χ3n) is 4.57. The van der Waals surface area contributed by atoms with Gasteiger partial charge in [-0.15, -0.1) is 5.10 Å². The van der Waals surface area contributed by atoms with Crippen LogP contribution >= 0.6 is 0 Å². The number of ketones is 1. The average Bonchev–Trinajstić information content (AvgIpc) is 3.17. The predicted octanol–water partition coefficient (Wildman–Crippen LogP) is 2.64. The highest BCUT2D eigenvalue weighted by Gasteiger charge is 2.25. The Labute approximate surface area is 157 Å². The van der Waals surface area contributed by atoms with Crippen molar-refractivity contribution in [2.75, 3.05) is 31.1 Å². The third kappa shape index (κ3) is 4.50. The van der Waals surface area contributed by atoms with E-state index in [4.69, 9.17) is 4.42 Å². The largest absolute Gasteiger partial charge is 0.408 e. The summed E-state index contributed by atoms with van der Waals surface area (Å²) < 4.78 is 19.3. The number of piperazine rings is 1. The first-order valence-corrected chi connectivity index (χ1v) is 9.09. The number of carbonyl (C=O) groups excluding carboxylic acids is 2. The van der Waals surface area contributed by atoms with Crippen LogP contribution in [0.4, 0.5) is 10.4 Å². The van der Waals surface area contributed by atoms with Gasteiger partial charge >= 0.3 is 6.01 Å².